The minimum absolute atomic E-state index is 0.0490. The number of nitrogens with zero attached hydrogens (tertiary/aromatic N) is 2. The van der Waals surface area contributed by atoms with Gasteiger partial charge in [-0.1, -0.05) is 0 Å². The van der Waals surface area contributed by atoms with Crippen molar-refractivity contribution in [2.24, 2.45) is 11.7 Å². The minimum Gasteiger partial charge on any atom is -0.328 e. The van der Waals surface area contributed by atoms with Crippen LogP contribution in [0.15, 0.2) is 29.2 Å². The number of nitro benzene ring substituents is 1. The number of hydrogen-bond donors (Lipinski definition) is 1. The van der Waals surface area contributed by atoms with Crippen molar-refractivity contribution in [3.8, 4) is 0 Å². The van der Waals surface area contributed by atoms with Crippen LogP contribution in [0.3, 0.4) is 0 Å². The van der Waals surface area contributed by atoms with Crippen LogP contribution in [-0.4, -0.2) is 36.8 Å². The molecule has 0 bridgehead atoms. The number of nitrogens with two attached hydrogens (primary N) is 1. The Kier molecular flexibility index (Phi) is 4.07. The number of non-ortho nitro benzene ring substituents is 1. The predicted octanol–water partition coefficient (Wildman–Crippen LogP) is 0.953. The third kappa shape index (κ3) is 2.82. The van der Waals surface area contributed by atoms with Crippen LogP contribution in [0.4, 0.5) is 5.69 Å². The topological polar surface area (TPSA) is 107 Å². The number of rotatable bonds is 4. The van der Waals surface area contributed by atoms with Gasteiger partial charge in [-0.25, -0.2) is 8.42 Å². The summed E-state index contributed by atoms with van der Waals surface area (Å²) in [6, 6.07) is 4.89. The van der Waals surface area contributed by atoms with E-state index in [1.165, 1.54) is 28.6 Å². The molecule has 0 amide bonds. The van der Waals surface area contributed by atoms with Gasteiger partial charge in [-0.2, -0.15) is 4.31 Å². The molecule has 110 valence electrons. The highest BCUT2D eigenvalue weighted by atomic mass is 32.2. The summed E-state index contributed by atoms with van der Waals surface area (Å²) in [5.41, 5.74) is 5.67. The van der Waals surface area contributed by atoms with E-state index in [-0.39, 0.29) is 22.5 Å². The third-order valence-electron chi connectivity index (χ3n) is 3.62. The summed E-state index contributed by atoms with van der Waals surface area (Å²) in [6.45, 7) is 2.70. The number of benzene rings is 1. The van der Waals surface area contributed by atoms with Crippen LogP contribution in [0.5, 0.6) is 0 Å². The van der Waals surface area contributed by atoms with Gasteiger partial charge >= 0.3 is 0 Å². The van der Waals surface area contributed by atoms with Crippen molar-refractivity contribution in [2.45, 2.75) is 24.3 Å². The summed E-state index contributed by atoms with van der Waals surface area (Å²) in [7, 11) is -3.59. The van der Waals surface area contributed by atoms with Gasteiger partial charge in [0.15, 0.2) is 0 Å². The highest BCUT2D eigenvalue weighted by Gasteiger charge is 2.34. The normalized spacial score (nSPS) is 21.8. The Morgan fingerprint density at radius 3 is 2.45 bits per heavy atom. The van der Waals surface area contributed by atoms with Crippen LogP contribution >= 0.6 is 0 Å². The zero-order valence-electron chi connectivity index (χ0n) is 11.1. The molecular formula is C12H17N3O4S. The maximum absolute atomic E-state index is 12.4. The van der Waals surface area contributed by atoms with Crippen LogP contribution in [0, 0.1) is 16.0 Å². The minimum atomic E-state index is -3.59. The second kappa shape index (κ2) is 5.47. The molecule has 1 aliphatic rings. The van der Waals surface area contributed by atoms with Gasteiger partial charge in [-0.3, -0.25) is 10.1 Å². The lowest BCUT2D eigenvalue weighted by atomic mass is 10.0. The summed E-state index contributed by atoms with van der Waals surface area (Å²) < 4.78 is 26.2. The zero-order chi connectivity index (χ0) is 14.9. The van der Waals surface area contributed by atoms with Gasteiger partial charge in [0.25, 0.3) is 5.69 Å². The lowest BCUT2D eigenvalue weighted by Gasteiger charge is -2.18. The number of sulfonamides is 1. The Balaban J connectivity index is 2.21. The van der Waals surface area contributed by atoms with E-state index in [0.29, 0.717) is 13.1 Å². The van der Waals surface area contributed by atoms with Crippen molar-refractivity contribution in [3.05, 3.63) is 34.4 Å². The molecule has 0 unspecified atom stereocenters. The molecule has 0 saturated carbocycles. The Hall–Kier alpha value is -1.51. The zero-order valence-corrected chi connectivity index (χ0v) is 11.9. The fraction of sp³-hybridized carbons (Fsp3) is 0.500. The molecular weight excluding hydrogens is 282 g/mol. The van der Waals surface area contributed by atoms with E-state index in [1.807, 2.05) is 6.92 Å². The lowest BCUT2D eigenvalue weighted by Crippen LogP contribution is -2.33. The van der Waals surface area contributed by atoms with Crippen molar-refractivity contribution in [2.75, 3.05) is 13.1 Å². The van der Waals surface area contributed by atoms with E-state index < -0.39 is 14.9 Å². The average molecular weight is 299 g/mol. The van der Waals surface area contributed by atoms with Gasteiger partial charge in [0.2, 0.25) is 10.0 Å². The molecule has 2 rings (SSSR count). The molecule has 2 N–H and O–H groups in total. The average Bonchev–Trinajstić information content (AvgIpc) is 2.89. The van der Waals surface area contributed by atoms with Crippen molar-refractivity contribution < 1.29 is 13.3 Å². The lowest BCUT2D eigenvalue weighted by molar-refractivity contribution is -0.384. The van der Waals surface area contributed by atoms with Crippen LogP contribution in [0.1, 0.15) is 13.3 Å². The fourth-order valence-electron chi connectivity index (χ4n) is 2.29. The molecule has 7 nitrogen and oxygen atoms in total. The van der Waals surface area contributed by atoms with Gasteiger partial charge in [0.05, 0.1) is 9.82 Å². The van der Waals surface area contributed by atoms with Gasteiger partial charge < -0.3 is 5.73 Å². The van der Waals surface area contributed by atoms with Crippen LogP contribution < -0.4 is 5.73 Å². The Bertz CT molecular complexity index is 598. The highest BCUT2D eigenvalue weighted by molar-refractivity contribution is 7.89. The molecule has 0 spiro atoms. The van der Waals surface area contributed by atoms with Gasteiger partial charge in [-0.05, 0) is 31.4 Å². The largest absolute Gasteiger partial charge is 0.328 e. The smallest absolute Gasteiger partial charge is 0.269 e. The van der Waals surface area contributed by atoms with E-state index in [0.717, 1.165) is 6.42 Å². The monoisotopic (exact) mass is 299 g/mol. The van der Waals surface area contributed by atoms with E-state index >= 15 is 0 Å². The molecule has 1 saturated heterocycles. The van der Waals surface area contributed by atoms with Gasteiger partial charge in [0.1, 0.15) is 0 Å². The molecule has 1 fully saturated rings. The summed E-state index contributed by atoms with van der Waals surface area (Å²) in [4.78, 5) is 10.1. The van der Waals surface area contributed by atoms with Gasteiger partial charge in [-0.15, -0.1) is 0 Å². The molecule has 1 heterocycles. The molecule has 0 radical (unpaired) electrons. The summed E-state index contributed by atoms with van der Waals surface area (Å²) in [5, 5.41) is 10.6. The molecule has 0 aliphatic carbocycles. The first-order valence-electron chi connectivity index (χ1n) is 6.32. The maximum Gasteiger partial charge on any atom is 0.269 e. The quantitative estimate of drug-likeness (QED) is 0.658. The molecule has 1 aliphatic heterocycles. The van der Waals surface area contributed by atoms with Crippen molar-refractivity contribution >= 4 is 15.7 Å². The summed E-state index contributed by atoms with van der Waals surface area (Å²) in [6.07, 6.45) is 0.740. The Morgan fingerprint density at radius 1 is 1.40 bits per heavy atom. The second-order valence-electron chi connectivity index (χ2n) is 5.02. The van der Waals surface area contributed by atoms with E-state index in [1.54, 1.807) is 0 Å². The standard InChI is InChI=1S/C12H17N3O4S/c1-9(13)10-6-7-14(8-10)20(18,19)12-4-2-11(3-5-12)15(16)17/h2-5,9-10H,6-8,13H2,1H3/t9-,10-/m1/s1. The first kappa shape index (κ1) is 14.9. The predicted molar refractivity (Wildman–Crippen MR) is 73.6 cm³/mol. The molecule has 0 aromatic heterocycles. The molecule has 2 atom stereocenters. The van der Waals surface area contributed by atoms with Crippen molar-refractivity contribution in [1.29, 1.82) is 0 Å². The van der Waals surface area contributed by atoms with Crippen LogP contribution in [0.2, 0.25) is 0 Å². The maximum atomic E-state index is 12.4. The number of hydrogen-bond acceptors (Lipinski definition) is 5. The van der Waals surface area contributed by atoms with E-state index in [4.69, 9.17) is 5.73 Å². The van der Waals surface area contributed by atoms with Crippen LogP contribution in [-0.2, 0) is 10.0 Å². The van der Waals surface area contributed by atoms with Crippen molar-refractivity contribution in [1.82, 2.24) is 4.31 Å². The van der Waals surface area contributed by atoms with Crippen LogP contribution in [0.25, 0.3) is 0 Å². The van der Waals surface area contributed by atoms with E-state index in [9.17, 15) is 18.5 Å². The Labute approximate surface area is 117 Å². The van der Waals surface area contributed by atoms with E-state index in [2.05, 4.69) is 0 Å². The highest BCUT2D eigenvalue weighted by Crippen LogP contribution is 2.26. The summed E-state index contributed by atoms with van der Waals surface area (Å²) >= 11 is 0. The van der Waals surface area contributed by atoms with Crippen molar-refractivity contribution in [3.63, 3.8) is 0 Å². The third-order valence-corrected chi connectivity index (χ3v) is 5.50. The number of nitro groups is 1. The first-order chi connectivity index (χ1) is 9.32. The first-order valence-corrected chi connectivity index (χ1v) is 7.76. The summed E-state index contributed by atoms with van der Waals surface area (Å²) in [5.74, 6) is 0.155. The molecule has 1 aromatic carbocycles. The molecule has 20 heavy (non-hydrogen) atoms. The molecule has 8 heteroatoms. The molecule has 1 aromatic rings. The van der Waals surface area contributed by atoms with Gasteiger partial charge in [0, 0.05) is 31.3 Å². The second-order valence-corrected chi connectivity index (χ2v) is 6.96. The fourth-order valence-corrected chi connectivity index (χ4v) is 3.80. The SMILES string of the molecule is C[C@@H](N)[C@@H]1CCN(S(=O)(=O)c2ccc([N+](=O)[O-])cc2)C1. The Morgan fingerprint density at radius 2 is 2.00 bits per heavy atom.